The third kappa shape index (κ3) is 4.38. The Hall–Kier alpha value is -3.02. The Bertz CT molecular complexity index is 1350. The number of carbonyl (C=O) groups excluding carboxylic acids is 1. The summed E-state index contributed by atoms with van der Waals surface area (Å²) in [6.45, 7) is 4.84. The predicted molar refractivity (Wildman–Crippen MR) is 127 cm³/mol. The van der Waals surface area contributed by atoms with Crippen LogP contribution in [0.15, 0.2) is 41.3 Å². The molecule has 0 saturated carbocycles. The molecule has 0 bridgehead atoms. The molecule has 0 radical (unpaired) electrons. The molecule has 3 aromatic rings. The molecule has 1 aromatic heterocycles. The minimum absolute atomic E-state index is 0.0656. The van der Waals surface area contributed by atoms with Crippen LogP contribution in [0.25, 0.3) is 0 Å². The van der Waals surface area contributed by atoms with E-state index < -0.39 is 10.0 Å². The van der Waals surface area contributed by atoms with Crippen LogP contribution in [0.2, 0.25) is 0 Å². The second-order valence-corrected chi connectivity index (χ2v) is 11.3. The van der Waals surface area contributed by atoms with Crippen molar-refractivity contribution in [3.63, 3.8) is 0 Å². The minimum Gasteiger partial charge on any atom is -0.454 e. The van der Waals surface area contributed by atoms with Crippen LogP contribution in [0.3, 0.4) is 0 Å². The molecule has 11 heteroatoms. The van der Waals surface area contributed by atoms with E-state index in [1.54, 1.807) is 30.3 Å². The average Bonchev–Trinajstić information content (AvgIpc) is 3.50. The van der Waals surface area contributed by atoms with Gasteiger partial charge in [0.2, 0.25) is 21.8 Å². The molecule has 34 heavy (non-hydrogen) atoms. The van der Waals surface area contributed by atoms with E-state index in [0.29, 0.717) is 48.0 Å². The second kappa shape index (κ2) is 8.97. The van der Waals surface area contributed by atoms with Gasteiger partial charge in [-0.3, -0.25) is 4.79 Å². The van der Waals surface area contributed by atoms with Gasteiger partial charge in [0.15, 0.2) is 11.5 Å². The smallest absolute Gasteiger partial charge is 0.286 e. The maximum atomic E-state index is 13.1. The molecule has 5 rings (SSSR count). The van der Waals surface area contributed by atoms with E-state index in [4.69, 9.17) is 9.47 Å². The Morgan fingerprint density at radius 2 is 1.79 bits per heavy atom. The standard InChI is InChI=1S/C23H24N4O5S2/c1-14-3-5-18(11-15(14)2)34(29,30)27-9-7-16(8-10-27)22-25-26-23(33-22)21(28)24-17-4-6-19-20(12-17)32-13-31-19/h3-6,11-12,16H,7-10,13H2,1-2H3,(H,24,28). The summed E-state index contributed by atoms with van der Waals surface area (Å²) < 4.78 is 38.3. The van der Waals surface area contributed by atoms with Crippen molar-refractivity contribution in [2.75, 3.05) is 25.2 Å². The number of sulfonamides is 1. The number of piperidine rings is 1. The average molecular weight is 501 g/mol. The molecule has 1 saturated heterocycles. The van der Waals surface area contributed by atoms with E-state index in [0.717, 1.165) is 16.1 Å². The fourth-order valence-corrected chi connectivity index (χ4v) is 6.48. The maximum Gasteiger partial charge on any atom is 0.286 e. The van der Waals surface area contributed by atoms with E-state index in [-0.39, 0.29) is 23.6 Å². The van der Waals surface area contributed by atoms with Crippen molar-refractivity contribution in [3.05, 3.63) is 57.5 Å². The van der Waals surface area contributed by atoms with E-state index in [1.165, 1.54) is 15.6 Å². The number of nitrogens with one attached hydrogen (secondary N) is 1. The summed E-state index contributed by atoms with van der Waals surface area (Å²) in [5.41, 5.74) is 2.60. The molecule has 9 nitrogen and oxygen atoms in total. The normalized spacial score (nSPS) is 16.5. The molecule has 1 fully saturated rings. The number of fused-ring (bicyclic) bond motifs is 1. The predicted octanol–water partition coefficient (Wildman–Crippen LogP) is 3.70. The molecule has 2 aliphatic rings. The summed E-state index contributed by atoms with van der Waals surface area (Å²) in [5, 5.41) is 12.1. The van der Waals surface area contributed by atoms with Crippen molar-refractivity contribution in [2.24, 2.45) is 0 Å². The van der Waals surface area contributed by atoms with Crippen molar-refractivity contribution in [2.45, 2.75) is 37.5 Å². The molecular formula is C23H24N4O5S2. The van der Waals surface area contributed by atoms with Crippen LogP contribution in [0.5, 0.6) is 11.5 Å². The maximum absolute atomic E-state index is 13.1. The highest BCUT2D eigenvalue weighted by Crippen LogP contribution is 2.35. The topological polar surface area (TPSA) is 111 Å². The number of benzene rings is 2. The zero-order valence-electron chi connectivity index (χ0n) is 18.8. The molecule has 1 amide bonds. The number of nitrogens with zero attached hydrogens (tertiary/aromatic N) is 3. The fourth-order valence-electron chi connectivity index (χ4n) is 4.02. The van der Waals surface area contributed by atoms with Gasteiger partial charge in [-0.1, -0.05) is 17.4 Å². The van der Waals surface area contributed by atoms with Crippen LogP contribution in [0.4, 0.5) is 5.69 Å². The number of anilines is 1. The third-order valence-corrected chi connectivity index (χ3v) is 9.16. The summed E-state index contributed by atoms with van der Waals surface area (Å²) in [5.74, 6) is 0.938. The highest BCUT2D eigenvalue weighted by atomic mass is 32.2. The number of hydrogen-bond acceptors (Lipinski definition) is 8. The third-order valence-electron chi connectivity index (χ3n) is 6.18. The molecular weight excluding hydrogens is 476 g/mol. The molecule has 0 atom stereocenters. The van der Waals surface area contributed by atoms with Crippen molar-refractivity contribution in [3.8, 4) is 11.5 Å². The Kier molecular flexibility index (Phi) is 6.00. The van der Waals surface area contributed by atoms with Crippen LogP contribution in [-0.4, -0.2) is 48.7 Å². The van der Waals surface area contributed by atoms with Crippen LogP contribution >= 0.6 is 11.3 Å². The van der Waals surface area contributed by atoms with Gasteiger partial charge in [-0.25, -0.2) is 8.42 Å². The fraction of sp³-hybridized carbons (Fsp3) is 0.348. The Balaban J connectivity index is 1.22. The summed E-state index contributed by atoms with van der Waals surface area (Å²) >= 11 is 1.24. The van der Waals surface area contributed by atoms with Gasteiger partial charge in [0.25, 0.3) is 5.91 Å². The van der Waals surface area contributed by atoms with Gasteiger partial charge in [0, 0.05) is 30.8 Å². The van der Waals surface area contributed by atoms with Gasteiger partial charge < -0.3 is 14.8 Å². The largest absolute Gasteiger partial charge is 0.454 e. The van der Waals surface area contributed by atoms with Crippen LogP contribution < -0.4 is 14.8 Å². The number of hydrogen-bond donors (Lipinski definition) is 1. The van der Waals surface area contributed by atoms with Crippen molar-refractivity contribution < 1.29 is 22.7 Å². The molecule has 2 aliphatic heterocycles. The van der Waals surface area contributed by atoms with Crippen LogP contribution in [-0.2, 0) is 10.0 Å². The van der Waals surface area contributed by atoms with Crippen LogP contribution in [0.1, 0.15) is 44.7 Å². The monoisotopic (exact) mass is 500 g/mol. The number of aromatic nitrogens is 2. The number of aryl methyl sites for hydroxylation is 2. The Morgan fingerprint density at radius 3 is 2.56 bits per heavy atom. The Morgan fingerprint density at radius 1 is 1.03 bits per heavy atom. The van der Waals surface area contributed by atoms with Gasteiger partial charge in [0.1, 0.15) is 5.01 Å². The number of amides is 1. The van der Waals surface area contributed by atoms with Gasteiger partial charge in [-0.15, -0.1) is 10.2 Å². The summed E-state index contributed by atoms with van der Waals surface area (Å²) in [6.07, 6.45) is 1.25. The molecule has 0 unspecified atom stereocenters. The van der Waals surface area contributed by atoms with E-state index in [9.17, 15) is 13.2 Å². The molecule has 1 N–H and O–H groups in total. The lowest BCUT2D eigenvalue weighted by Gasteiger charge is -2.30. The van der Waals surface area contributed by atoms with Crippen LogP contribution in [0, 0.1) is 13.8 Å². The summed E-state index contributed by atoms with van der Waals surface area (Å²) in [7, 11) is -3.54. The van der Waals surface area contributed by atoms with E-state index >= 15 is 0 Å². The highest BCUT2D eigenvalue weighted by Gasteiger charge is 2.32. The SMILES string of the molecule is Cc1ccc(S(=O)(=O)N2CCC(c3nnc(C(=O)Nc4ccc5c(c4)OCO5)s3)CC2)cc1C. The van der Waals surface area contributed by atoms with Crippen molar-refractivity contribution in [1.29, 1.82) is 0 Å². The van der Waals surface area contributed by atoms with Gasteiger partial charge >= 0.3 is 0 Å². The van der Waals surface area contributed by atoms with Crippen molar-refractivity contribution in [1.82, 2.24) is 14.5 Å². The van der Waals surface area contributed by atoms with Gasteiger partial charge in [0.05, 0.1) is 4.90 Å². The first-order valence-corrected chi connectivity index (χ1v) is 13.2. The molecule has 178 valence electrons. The van der Waals surface area contributed by atoms with Gasteiger partial charge in [-0.05, 0) is 62.1 Å². The van der Waals surface area contributed by atoms with E-state index in [2.05, 4.69) is 15.5 Å². The minimum atomic E-state index is -3.54. The van der Waals surface area contributed by atoms with Gasteiger partial charge in [-0.2, -0.15) is 4.31 Å². The molecule has 0 aliphatic carbocycles. The Labute approximate surface area is 201 Å². The lowest BCUT2D eigenvalue weighted by Crippen LogP contribution is -2.37. The number of ether oxygens (including phenoxy) is 2. The first-order valence-electron chi connectivity index (χ1n) is 10.9. The molecule has 0 spiro atoms. The quantitative estimate of drug-likeness (QED) is 0.569. The molecule has 2 aromatic carbocycles. The summed E-state index contributed by atoms with van der Waals surface area (Å²) in [4.78, 5) is 13.0. The van der Waals surface area contributed by atoms with Crippen molar-refractivity contribution >= 4 is 33.0 Å². The van der Waals surface area contributed by atoms with E-state index in [1.807, 2.05) is 19.9 Å². The first-order chi connectivity index (χ1) is 16.3. The number of carbonyl (C=O) groups is 1. The molecule has 3 heterocycles. The number of rotatable bonds is 5. The highest BCUT2D eigenvalue weighted by molar-refractivity contribution is 7.89. The zero-order valence-corrected chi connectivity index (χ0v) is 20.4. The summed E-state index contributed by atoms with van der Waals surface area (Å²) in [6, 6.07) is 10.4. The zero-order chi connectivity index (χ0) is 23.9. The first kappa shape index (κ1) is 22.8. The lowest BCUT2D eigenvalue weighted by molar-refractivity contribution is 0.102. The second-order valence-electron chi connectivity index (χ2n) is 8.39. The lowest BCUT2D eigenvalue weighted by atomic mass is 9.99.